The molecule has 1 saturated carbocycles. The third-order valence-corrected chi connectivity index (χ3v) is 4.44. The van der Waals surface area contributed by atoms with Gasteiger partial charge in [0.15, 0.2) is 0 Å². The molecule has 1 aliphatic carbocycles. The highest BCUT2D eigenvalue weighted by Gasteiger charge is 2.30. The largest absolute Gasteiger partial charge is 0.307 e. The standard InChI is InChI=1S/C12H19NS/c1-3-10-5-6-11(14-10)9-13-12(2)7-4-8-12/h5-6,13H,3-4,7-9H2,1-2H3. The Morgan fingerprint density at radius 3 is 2.57 bits per heavy atom. The quantitative estimate of drug-likeness (QED) is 0.802. The van der Waals surface area contributed by atoms with Crippen molar-refractivity contribution in [2.75, 3.05) is 0 Å². The maximum Gasteiger partial charge on any atom is 0.0304 e. The minimum Gasteiger partial charge on any atom is -0.307 e. The summed E-state index contributed by atoms with van der Waals surface area (Å²) in [6.07, 6.45) is 5.26. The summed E-state index contributed by atoms with van der Waals surface area (Å²) in [6, 6.07) is 4.52. The summed E-state index contributed by atoms with van der Waals surface area (Å²) in [5.74, 6) is 0. The fourth-order valence-electron chi connectivity index (χ4n) is 1.89. The van der Waals surface area contributed by atoms with Gasteiger partial charge in [-0.2, -0.15) is 0 Å². The maximum atomic E-state index is 3.66. The van der Waals surface area contributed by atoms with E-state index in [0.29, 0.717) is 5.54 Å². The number of hydrogen-bond acceptors (Lipinski definition) is 2. The van der Waals surface area contributed by atoms with Crippen molar-refractivity contribution in [3.8, 4) is 0 Å². The topological polar surface area (TPSA) is 12.0 Å². The summed E-state index contributed by atoms with van der Waals surface area (Å²) >= 11 is 1.95. The lowest BCUT2D eigenvalue weighted by atomic mass is 9.78. The molecular weight excluding hydrogens is 190 g/mol. The van der Waals surface area contributed by atoms with E-state index in [2.05, 4.69) is 31.3 Å². The third kappa shape index (κ3) is 2.18. The van der Waals surface area contributed by atoms with Crippen LogP contribution < -0.4 is 5.32 Å². The Morgan fingerprint density at radius 2 is 2.07 bits per heavy atom. The summed E-state index contributed by atoms with van der Waals surface area (Å²) in [5, 5.41) is 3.66. The van der Waals surface area contributed by atoms with Crippen LogP contribution in [-0.2, 0) is 13.0 Å². The fraction of sp³-hybridized carbons (Fsp3) is 0.667. The van der Waals surface area contributed by atoms with Crippen molar-refractivity contribution in [2.45, 2.75) is 51.6 Å². The predicted molar refractivity (Wildman–Crippen MR) is 62.8 cm³/mol. The Morgan fingerprint density at radius 1 is 1.36 bits per heavy atom. The molecule has 1 aliphatic rings. The zero-order chi connectivity index (χ0) is 10.0. The van der Waals surface area contributed by atoms with Crippen LogP contribution in [0.1, 0.15) is 42.9 Å². The van der Waals surface area contributed by atoms with Crippen LogP contribution in [0.25, 0.3) is 0 Å². The van der Waals surface area contributed by atoms with Crippen LogP contribution in [0.15, 0.2) is 12.1 Å². The van der Waals surface area contributed by atoms with Gasteiger partial charge in [-0.15, -0.1) is 11.3 Å². The van der Waals surface area contributed by atoms with Gasteiger partial charge >= 0.3 is 0 Å². The number of hydrogen-bond donors (Lipinski definition) is 1. The van der Waals surface area contributed by atoms with Crippen molar-refractivity contribution in [1.82, 2.24) is 5.32 Å². The lowest BCUT2D eigenvalue weighted by Gasteiger charge is -2.39. The van der Waals surface area contributed by atoms with Crippen LogP contribution in [-0.4, -0.2) is 5.54 Å². The Labute approximate surface area is 90.5 Å². The molecule has 14 heavy (non-hydrogen) atoms. The third-order valence-electron chi connectivity index (χ3n) is 3.21. The van der Waals surface area contributed by atoms with Gasteiger partial charge < -0.3 is 5.32 Å². The second-order valence-corrected chi connectivity index (χ2v) is 5.74. The van der Waals surface area contributed by atoms with E-state index in [4.69, 9.17) is 0 Å². The Bertz CT molecular complexity index is 299. The summed E-state index contributed by atoms with van der Waals surface area (Å²) < 4.78 is 0. The summed E-state index contributed by atoms with van der Waals surface area (Å²) in [7, 11) is 0. The molecule has 0 atom stereocenters. The van der Waals surface area contributed by atoms with E-state index < -0.39 is 0 Å². The van der Waals surface area contributed by atoms with Gasteiger partial charge in [-0.05, 0) is 44.7 Å². The molecule has 0 aromatic carbocycles. The fourth-order valence-corrected chi connectivity index (χ4v) is 2.79. The van der Waals surface area contributed by atoms with Gasteiger partial charge in [-0.3, -0.25) is 0 Å². The zero-order valence-electron chi connectivity index (χ0n) is 9.10. The molecule has 0 saturated heterocycles. The van der Waals surface area contributed by atoms with E-state index in [1.54, 1.807) is 0 Å². The van der Waals surface area contributed by atoms with Crippen LogP contribution >= 0.6 is 11.3 Å². The van der Waals surface area contributed by atoms with Gasteiger partial charge in [-0.25, -0.2) is 0 Å². The highest BCUT2D eigenvalue weighted by Crippen LogP contribution is 2.31. The molecule has 2 rings (SSSR count). The SMILES string of the molecule is CCc1ccc(CNC2(C)CCC2)s1. The highest BCUT2D eigenvalue weighted by atomic mass is 32.1. The molecule has 1 aromatic heterocycles. The number of rotatable bonds is 4. The first-order valence-electron chi connectivity index (χ1n) is 5.54. The minimum absolute atomic E-state index is 0.441. The van der Waals surface area contributed by atoms with Gasteiger partial charge in [0.2, 0.25) is 0 Å². The lowest BCUT2D eigenvalue weighted by Crippen LogP contribution is -2.47. The molecule has 1 nitrogen and oxygen atoms in total. The van der Waals surface area contributed by atoms with Crippen LogP contribution in [0.5, 0.6) is 0 Å². The monoisotopic (exact) mass is 209 g/mol. The smallest absolute Gasteiger partial charge is 0.0304 e. The highest BCUT2D eigenvalue weighted by molar-refractivity contribution is 7.11. The number of thiophene rings is 1. The van der Waals surface area contributed by atoms with Crippen molar-refractivity contribution >= 4 is 11.3 Å². The molecule has 1 heterocycles. The summed E-state index contributed by atoms with van der Waals surface area (Å²) in [4.78, 5) is 2.98. The molecular formula is C12H19NS. The molecule has 1 N–H and O–H groups in total. The van der Waals surface area contributed by atoms with E-state index in [0.717, 1.165) is 6.54 Å². The Kier molecular flexibility index (Phi) is 2.93. The van der Waals surface area contributed by atoms with Crippen molar-refractivity contribution in [1.29, 1.82) is 0 Å². The normalized spacial score (nSPS) is 19.3. The molecule has 1 fully saturated rings. The van der Waals surface area contributed by atoms with Crippen molar-refractivity contribution < 1.29 is 0 Å². The molecule has 78 valence electrons. The molecule has 0 unspecified atom stereocenters. The first-order chi connectivity index (χ1) is 6.72. The maximum absolute atomic E-state index is 3.66. The van der Waals surface area contributed by atoms with E-state index in [9.17, 15) is 0 Å². The first-order valence-corrected chi connectivity index (χ1v) is 6.36. The van der Waals surface area contributed by atoms with E-state index in [1.165, 1.54) is 35.4 Å². The summed E-state index contributed by atoms with van der Waals surface area (Å²) in [5.41, 5.74) is 0.441. The average Bonchev–Trinajstić information content (AvgIpc) is 2.59. The van der Waals surface area contributed by atoms with Gasteiger partial charge in [-0.1, -0.05) is 6.92 Å². The number of nitrogens with one attached hydrogen (secondary N) is 1. The predicted octanol–water partition coefficient (Wildman–Crippen LogP) is 3.34. The van der Waals surface area contributed by atoms with Crippen molar-refractivity contribution in [2.24, 2.45) is 0 Å². The Hall–Kier alpha value is -0.340. The van der Waals surface area contributed by atoms with Crippen LogP contribution in [0.2, 0.25) is 0 Å². The molecule has 0 radical (unpaired) electrons. The number of aryl methyl sites for hydroxylation is 1. The van der Waals surface area contributed by atoms with Crippen LogP contribution in [0.4, 0.5) is 0 Å². The van der Waals surface area contributed by atoms with Gasteiger partial charge in [0, 0.05) is 21.8 Å². The molecule has 0 amide bonds. The van der Waals surface area contributed by atoms with Crippen LogP contribution in [0, 0.1) is 0 Å². The Balaban J connectivity index is 1.85. The van der Waals surface area contributed by atoms with Gasteiger partial charge in [0.05, 0.1) is 0 Å². The molecule has 1 aromatic rings. The van der Waals surface area contributed by atoms with Crippen molar-refractivity contribution in [3.63, 3.8) is 0 Å². The molecule has 0 aliphatic heterocycles. The zero-order valence-corrected chi connectivity index (χ0v) is 9.91. The first kappa shape index (κ1) is 10.2. The second kappa shape index (κ2) is 4.03. The molecule has 2 heteroatoms. The average molecular weight is 209 g/mol. The van der Waals surface area contributed by atoms with Gasteiger partial charge in [0.1, 0.15) is 0 Å². The van der Waals surface area contributed by atoms with Gasteiger partial charge in [0.25, 0.3) is 0 Å². The molecule has 0 spiro atoms. The summed E-state index contributed by atoms with van der Waals surface area (Å²) in [6.45, 7) is 5.61. The van der Waals surface area contributed by atoms with E-state index >= 15 is 0 Å². The molecule has 0 bridgehead atoms. The van der Waals surface area contributed by atoms with E-state index in [1.807, 2.05) is 11.3 Å². The second-order valence-electron chi connectivity index (χ2n) is 4.49. The van der Waals surface area contributed by atoms with Crippen LogP contribution in [0.3, 0.4) is 0 Å². The minimum atomic E-state index is 0.441. The lowest BCUT2D eigenvalue weighted by molar-refractivity contribution is 0.207. The van der Waals surface area contributed by atoms with Crippen molar-refractivity contribution in [3.05, 3.63) is 21.9 Å². The van der Waals surface area contributed by atoms with E-state index in [-0.39, 0.29) is 0 Å².